The average Bonchev–Trinajstić information content (AvgIpc) is 2.29. The van der Waals surface area contributed by atoms with Gasteiger partial charge in [0.2, 0.25) is 0 Å². The topological polar surface area (TPSA) is 40.5 Å². The summed E-state index contributed by atoms with van der Waals surface area (Å²) in [7, 11) is 0. The Morgan fingerprint density at radius 2 is 2.19 bits per heavy atom. The molecule has 0 aliphatic heterocycles. The molecule has 4 heteroatoms. The van der Waals surface area contributed by atoms with Crippen molar-refractivity contribution in [1.29, 1.82) is 0 Å². The van der Waals surface area contributed by atoms with E-state index >= 15 is 0 Å². The number of aliphatic hydroxyl groups is 1. The highest BCUT2D eigenvalue weighted by Gasteiger charge is 2.16. The number of benzene rings is 1. The summed E-state index contributed by atoms with van der Waals surface area (Å²) in [6.45, 7) is 4.60. The molecule has 0 bridgehead atoms. The van der Waals surface area contributed by atoms with E-state index in [1.54, 1.807) is 23.1 Å². The van der Waals surface area contributed by atoms with Crippen molar-refractivity contribution >= 4 is 17.5 Å². The molecule has 1 aromatic rings. The van der Waals surface area contributed by atoms with Gasteiger partial charge in [-0.15, -0.1) is 0 Å². The van der Waals surface area contributed by atoms with Crippen molar-refractivity contribution in [2.45, 2.75) is 13.8 Å². The molecule has 1 N–H and O–H groups in total. The predicted octanol–water partition coefficient (Wildman–Crippen LogP) is 2.10. The van der Waals surface area contributed by atoms with Gasteiger partial charge in [-0.25, -0.2) is 0 Å². The minimum absolute atomic E-state index is 0.0286. The number of halogens is 1. The molecule has 0 aromatic heterocycles. The first-order chi connectivity index (χ1) is 7.61. The molecular weight excluding hydrogens is 226 g/mol. The molecule has 0 aliphatic rings. The van der Waals surface area contributed by atoms with Gasteiger partial charge in [-0.3, -0.25) is 4.79 Å². The highest BCUT2D eigenvalue weighted by atomic mass is 35.5. The number of hydrogen-bond donors (Lipinski definition) is 1. The normalized spacial score (nSPS) is 10.2. The Morgan fingerprint density at radius 1 is 1.50 bits per heavy atom. The largest absolute Gasteiger partial charge is 0.395 e. The average molecular weight is 242 g/mol. The molecule has 0 fully saturated rings. The molecule has 0 unspecified atom stereocenters. The number of hydrogen-bond acceptors (Lipinski definition) is 2. The second-order valence-electron chi connectivity index (χ2n) is 3.52. The van der Waals surface area contributed by atoms with Gasteiger partial charge in [-0.05, 0) is 31.5 Å². The second kappa shape index (κ2) is 5.87. The van der Waals surface area contributed by atoms with E-state index < -0.39 is 0 Å². The van der Waals surface area contributed by atoms with Crippen LogP contribution in [0, 0.1) is 6.92 Å². The zero-order valence-electron chi connectivity index (χ0n) is 9.53. The lowest BCUT2D eigenvalue weighted by Gasteiger charge is -2.20. The molecule has 16 heavy (non-hydrogen) atoms. The van der Waals surface area contributed by atoms with Crippen LogP contribution in [0.15, 0.2) is 18.2 Å². The third-order valence-corrected chi connectivity index (χ3v) is 2.95. The van der Waals surface area contributed by atoms with Gasteiger partial charge in [-0.2, -0.15) is 0 Å². The number of carbonyl (C=O) groups excluding carboxylic acids is 1. The Hall–Kier alpha value is -1.06. The Labute approximate surface area is 101 Å². The van der Waals surface area contributed by atoms with Gasteiger partial charge in [0, 0.05) is 23.7 Å². The minimum atomic E-state index is -0.0865. The summed E-state index contributed by atoms with van der Waals surface area (Å²) in [6, 6.07) is 5.27. The Kier molecular flexibility index (Phi) is 4.77. The summed E-state index contributed by atoms with van der Waals surface area (Å²) in [4.78, 5) is 13.7. The number of amides is 1. The molecule has 1 amide bonds. The Balaban J connectivity index is 2.99. The van der Waals surface area contributed by atoms with Crippen LogP contribution in [0.5, 0.6) is 0 Å². The van der Waals surface area contributed by atoms with Crippen LogP contribution >= 0.6 is 11.6 Å². The predicted molar refractivity (Wildman–Crippen MR) is 64.9 cm³/mol. The summed E-state index contributed by atoms with van der Waals surface area (Å²) < 4.78 is 0. The van der Waals surface area contributed by atoms with Gasteiger partial charge >= 0.3 is 0 Å². The summed E-state index contributed by atoms with van der Waals surface area (Å²) in [5.74, 6) is -0.0865. The van der Waals surface area contributed by atoms with Crippen LogP contribution in [0.3, 0.4) is 0 Å². The fourth-order valence-corrected chi connectivity index (χ4v) is 1.71. The van der Waals surface area contributed by atoms with Crippen LogP contribution in [0.1, 0.15) is 22.8 Å². The molecule has 1 aromatic carbocycles. The van der Waals surface area contributed by atoms with Crippen molar-refractivity contribution in [1.82, 2.24) is 4.90 Å². The van der Waals surface area contributed by atoms with Gasteiger partial charge in [0.05, 0.1) is 6.61 Å². The molecule has 3 nitrogen and oxygen atoms in total. The maximum absolute atomic E-state index is 12.1. The molecule has 0 saturated carbocycles. The van der Waals surface area contributed by atoms with Gasteiger partial charge in [-0.1, -0.05) is 17.7 Å². The highest BCUT2D eigenvalue weighted by Crippen LogP contribution is 2.19. The van der Waals surface area contributed by atoms with Crippen molar-refractivity contribution in [3.8, 4) is 0 Å². The molecule has 0 aliphatic carbocycles. The van der Waals surface area contributed by atoms with E-state index in [2.05, 4.69) is 0 Å². The van der Waals surface area contributed by atoms with Gasteiger partial charge in [0.1, 0.15) is 0 Å². The van der Waals surface area contributed by atoms with E-state index in [1.165, 1.54) is 0 Å². The van der Waals surface area contributed by atoms with Gasteiger partial charge in [0.25, 0.3) is 5.91 Å². The van der Waals surface area contributed by atoms with E-state index in [4.69, 9.17) is 16.7 Å². The third kappa shape index (κ3) is 2.74. The lowest BCUT2D eigenvalue weighted by atomic mass is 10.1. The second-order valence-corrected chi connectivity index (χ2v) is 3.93. The van der Waals surface area contributed by atoms with E-state index in [9.17, 15) is 4.79 Å². The number of carbonyl (C=O) groups is 1. The maximum atomic E-state index is 12.1. The zero-order valence-corrected chi connectivity index (χ0v) is 10.3. The third-order valence-electron chi connectivity index (χ3n) is 2.54. The summed E-state index contributed by atoms with van der Waals surface area (Å²) in [6.07, 6.45) is 0. The standard InChI is InChI=1S/C12H16ClNO2/c1-3-14(7-8-15)12(16)10-5-4-6-11(13)9(10)2/h4-6,15H,3,7-8H2,1-2H3. The van der Waals surface area contributed by atoms with Crippen LogP contribution in [-0.4, -0.2) is 35.6 Å². The van der Waals surface area contributed by atoms with Crippen molar-refractivity contribution in [3.05, 3.63) is 34.3 Å². The highest BCUT2D eigenvalue weighted by molar-refractivity contribution is 6.31. The summed E-state index contributed by atoms with van der Waals surface area (Å²) in [5, 5.41) is 9.46. The molecule has 0 heterocycles. The molecule has 0 saturated heterocycles. The molecular formula is C12H16ClNO2. The number of rotatable bonds is 4. The van der Waals surface area contributed by atoms with E-state index in [0.29, 0.717) is 23.7 Å². The van der Waals surface area contributed by atoms with Crippen LogP contribution in [0.25, 0.3) is 0 Å². The fraction of sp³-hybridized carbons (Fsp3) is 0.417. The number of nitrogens with zero attached hydrogens (tertiary/aromatic N) is 1. The minimum Gasteiger partial charge on any atom is -0.395 e. The van der Waals surface area contributed by atoms with E-state index in [-0.39, 0.29) is 12.5 Å². The summed E-state index contributed by atoms with van der Waals surface area (Å²) >= 11 is 5.96. The first-order valence-corrected chi connectivity index (χ1v) is 5.64. The monoisotopic (exact) mass is 241 g/mol. The molecule has 0 radical (unpaired) electrons. The Bertz CT molecular complexity index is 379. The van der Waals surface area contributed by atoms with Crippen LogP contribution in [-0.2, 0) is 0 Å². The molecule has 0 spiro atoms. The SMILES string of the molecule is CCN(CCO)C(=O)c1cccc(Cl)c1C. The first-order valence-electron chi connectivity index (χ1n) is 5.27. The van der Waals surface area contributed by atoms with Crippen LogP contribution in [0.4, 0.5) is 0 Å². The quantitative estimate of drug-likeness (QED) is 0.877. The van der Waals surface area contributed by atoms with Gasteiger partial charge in [0.15, 0.2) is 0 Å². The maximum Gasteiger partial charge on any atom is 0.254 e. The lowest BCUT2D eigenvalue weighted by Crippen LogP contribution is -2.33. The van der Waals surface area contributed by atoms with Crippen molar-refractivity contribution < 1.29 is 9.90 Å². The molecule has 88 valence electrons. The number of aliphatic hydroxyl groups excluding tert-OH is 1. The van der Waals surface area contributed by atoms with Crippen LogP contribution in [0.2, 0.25) is 5.02 Å². The smallest absolute Gasteiger partial charge is 0.254 e. The number of likely N-dealkylation sites (N-methyl/N-ethyl adjacent to an activating group) is 1. The zero-order chi connectivity index (χ0) is 12.1. The van der Waals surface area contributed by atoms with Crippen molar-refractivity contribution in [3.63, 3.8) is 0 Å². The van der Waals surface area contributed by atoms with Crippen molar-refractivity contribution in [2.75, 3.05) is 19.7 Å². The molecule has 0 atom stereocenters. The fourth-order valence-electron chi connectivity index (χ4n) is 1.53. The van der Waals surface area contributed by atoms with Crippen LogP contribution < -0.4 is 0 Å². The lowest BCUT2D eigenvalue weighted by molar-refractivity contribution is 0.0731. The molecule has 1 rings (SSSR count). The Morgan fingerprint density at radius 3 is 2.75 bits per heavy atom. The van der Waals surface area contributed by atoms with E-state index in [0.717, 1.165) is 5.56 Å². The summed E-state index contributed by atoms with van der Waals surface area (Å²) in [5.41, 5.74) is 1.38. The first kappa shape index (κ1) is 13.0. The van der Waals surface area contributed by atoms with Crippen molar-refractivity contribution in [2.24, 2.45) is 0 Å². The van der Waals surface area contributed by atoms with Gasteiger partial charge < -0.3 is 10.0 Å². The van der Waals surface area contributed by atoms with E-state index in [1.807, 2.05) is 13.8 Å².